The normalized spacial score (nSPS) is 11.6. The zero-order valence-electron chi connectivity index (χ0n) is 14.7. The van der Waals surface area contributed by atoms with Gasteiger partial charge in [-0.2, -0.15) is 0 Å². The molecule has 0 atom stereocenters. The molecule has 136 valence electrons. The van der Waals surface area contributed by atoms with E-state index in [1.54, 1.807) is 24.4 Å². The molecule has 0 saturated carbocycles. The quantitative estimate of drug-likeness (QED) is 0.575. The lowest BCUT2D eigenvalue weighted by atomic mass is 10.1. The molecule has 1 N–H and O–H groups in total. The Hall–Kier alpha value is -3.19. The van der Waals surface area contributed by atoms with Gasteiger partial charge in [-0.3, -0.25) is 9.12 Å². The molecule has 0 aliphatic rings. The van der Waals surface area contributed by atoms with Crippen LogP contribution in [0.15, 0.2) is 73.2 Å². The number of hydrogen-bond donors (Lipinski definition) is 1. The van der Waals surface area contributed by atoms with Crippen LogP contribution < -0.4 is 4.72 Å². The largest absolute Gasteiger partial charge is 0.291 e. The van der Waals surface area contributed by atoms with Gasteiger partial charge in [0.2, 0.25) is 15.8 Å². The molecule has 2 aromatic carbocycles. The number of rotatable bonds is 5. The Kier molecular flexibility index (Phi) is 4.37. The van der Waals surface area contributed by atoms with Crippen molar-refractivity contribution >= 4 is 21.5 Å². The Morgan fingerprint density at radius 2 is 1.93 bits per heavy atom. The highest BCUT2D eigenvalue weighted by atomic mass is 32.2. The minimum Gasteiger partial charge on any atom is -0.291 e. The van der Waals surface area contributed by atoms with Crippen molar-refractivity contribution in [2.24, 2.45) is 0 Å². The van der Waals surface area contributed by atoms with Crippen LogP contribution >= 0.6 is 0 Å². The van der Waals surface area contributed by atoms with Crippen molar-refractivity contribution < 1.29 is 8.42 Å². The molecule has 0 amide bonds. The maximum atomic E-state index is 12.5. The predicted molar refractivity (Wildman–Crippen MR) is 106 cm³/mol. The number of nitrogens with zero attached hydrogens (tertiary/aromatic N) is 3. The van der Waals surface area contributed by atoms with E-state index in [4.69, 9.17) is 0 Å². The van der Waals surface area contributed by atoms with Crippen LogP contribution in [0.5, 0.6) is 0 Å². The van der Waals surface area contributed by atoms with E-state index in [9.17, 15) is 8.42 Å². The summed E-state index contributed by atoms with van der Waals surface area (Å²) in [5.41, 5.74) is 3.84. The van der Waals surface area contributed by atoms with E-state index in [2.05, 4.69) is 14.7 Å². The summed E-state index contributed by atoms with van der Waals surface area (Å²) >= 11 is 0. The van der Waals surface area contributed by atoms with Crippen molar-refractivity contribution in [3.05, 3.63) is 84.3 Å². The smallest absolute Gasteiger partial charge is 0.236 e. The van der Waals surface area contributed by atoms with E-state index in [1.807, 2.05) is 60.1 Å². The molecule has 0 aliphatic heterocycles. The predicted octanol–water partition coefficient (Wildman–Crippen LogP) is 3.65. The third-order valence-electron chi connectivity index (χ3n) is 4.11. The minimum absolute atomic E-state index is 0.0722. The number of sulfonamides is 1. The van der Waals surface area contributed by atoms with Crippen molar-refractivity contribution in [3.63, 3.8) is 0 Å². The molecular weight excluding hydrogens is 360 g/mol. The zero-order valence-corrected chi connectivity index (χ0v) is 15.5. The molecule has 0 unspecified atom stereocenters. The van der Waals surface area contributed by atoms with E-state index in [1.165, 1.54) is 0 Å². The molecule has 7 heteroatoms. The van der Waals surface area contributed by atoms with Crippen LogP contribution in [-0.4, -0.2) is 22.8 Å². The van der Waals surface area contributed by atoms with Gasteiger partial charge in [-0.05, 0) is 30.7 Å². The summed E-state index contributed by atoms with van der Waals surface area (Å²) in [7, 11) is -3.52. The Morgan fingerprint density at radius 3 is 2.74 bits per heavy atom. The summed E-state index contributed by atoms with van der Waals surface area (Å²) in [6.45, 7) is 1.94. The third-order valence-corrected chi connectivity index (χ3v) is 5.37. The van der Waals surface area contributed by atoms with E-state index < -0.39 is 10.0 Å². The van der Waals surface area contributed by atoms with Crippen LogP contribution in [0.25, 0.3) is 17.0 Å². The van der Waals surface area contributed by atoms with Gasteiger partial charge in [-0.15, -0.1) is 0 Å². The van der Waals surface area contributed by atoms with Crippen LogP contribution in [0, 0.1) is 6.92 Å². The lowest BCUT2D eigenvalue weighted by Gasteiger charge is -2.09. The Balaban J connectivity index is 1.58. The molecule has 6 nitrogen and oxygen atoms in total. The minimum atomic E-state index is -3.52. The molecule has 0 aliphatic carbocycles. The average Bonchev–Trinajstić information content (AvgIpc) is 3.05. The fraction of sp³-hybridized carbons (Fsp3) is 0.100. The van der Waals surface area contributed by atoms with Crippen LogP contribution in [0.2, 0.25) is 0 Å². The van der Waals surface area contributed by atoms with Gasteiger partial charge >= 0.3 is 0 Å². The topological polar surface area (TPSA) is 76.4 Å². The first-order valence-corrected chi connectivity index (χ1v) is 10.1. The second-order valence-corrected chi connectivity index (χ2v) is 8.11. The van der Waals surface area contributed by atoms with Gasteiger partial charge in [-0.1, -0.05) is 42.0 Å². The lowest BCUT2D eigenvalue weighted by molar-refractivity contribution is 0.600. The van der Waals surface area contributed by atoms with E-state index in [-0.39, 0.29) is 5.75 Å². The molecule has 0 fully saturated rings. The second-order valence-electron chi connectivity index (χ2n) is 6.38. The summed E-state index contributed by atoms with van der Waals surface area (Å²) in [5.74, 6) is 0.523. The fourth-order valence-corrected chi connectivity index (χ4v) is 4.12. The number of benzene rings is 2. The summed E-state index contributed by atoms with van der Waals surface area (Å²) in [6, 6.07) is 16.5. The first-order valence-electron chi connectivity index (χ1n) is 8.45. The number of aryl methyl sites for hydroxylation is 1. The van der Waals surface area contributed by atoms with Crippen molar-refractivity contribution in [2.45, 2.75) is 12.7 Å². The van der Waals surface area contributed by atoms with E-state index >= 15 is 0 Å². The van der Waals surface area contributed by atoms with Gasteiger partial charge in [0.1, 0.15) is 0 Å². The summed E-state index contributed by atoms with van der Waals surface area (Å²) in [5, 5.41) is 0. The highest BCUT2D eigenvalue weighted by molar-refractivity contribution is 7.91. The van der Waals surface area contributed by atoms with Crippen molar-refractivity contribution in [1.29, 1.82) is 0 Å². The number of anilines is 1. The average molecular weight is 378 g/mol. The monoisotopic (exact) mass is 378 g/mol. The fourth-order valence-electron chi connectivity index (χ4n) is 2.95. The highest BCUT2D eigenvalue weighted by Crippen LogP contribution is 2.23. The van der Waals surface area contributed by atoms with Gasteiger partial charge in [-0.25, -0.2) is 18.4 Å². The Labute approximate surface area is 157 Å². The van der Waals surface area contributed by atoms with Crippen molar-refractivity contribution in [1.82, 2.24) is 14.4 Å². The second kappa shape index (κ2) is 6.85. The number of imidazole rings is 1. The SMILES string of the molecule is Cc1cccc(CS(=O)(=O)Nc2cccc(-c3cn4cccnc4n3)c2)c1. The Morgan fingerprint density at radius 1 is 1.07 bits per heavy atom. The van der Waals surface area contributed by atoms with Crippen LogP contribution in [0.1, 0.15) is 11.1 Å². The molecular formula is C20H18N4O2S. The maximum absolute atomic E-state index is 12.5. The highest BCUT2D eigenvalue weighted by Gasteiger charge is 2.13. The van der Waals surface area contributed by atoms with Crippen molar-refractivity contribution in [3.8, 4) is 11.3 Å². The molecule has 27 heavy (non-hydrogen) atoms. The van der Waals surface area contributed by atoms with Crippen LogP contribution in [0.3, 0.4) is 0 Å². The molecule has 0 bridgehead atoms. The molecule has 2 aromatic heterocycles. The van der Waals surface area contributed by atoms with Gasteiger partial charge in [0.05, 0.1) is 11.4 Å². The molecule has 0 spiro atoms. The van der Waals surface area contributed by atoms with E-state index in [0.717, 1.165) is 22.4 Å². The summed E-state index contributed by atoms with van der Waals surface area (Å²) in [4.78, 5) is 8.68. The summed E-state index contributed by atoms with van der Waals surface area (Å²) < 4.78 is 29.5. The van der Waals surface area contributed by atoms with Crippen molar-refractivity contribution in [2.75, 3.05) is 4.72 Å². The Bertz CT molecular complexity index is 1180. The molecule has 4 aromatic rings. The summed E-state index contributed by atoms with van der Waals surface area (Å²) in [6.07, 6.45) is 5.41. The van der Waals surface area contributed by atoms with Gasteiger partial charge in [0.15, 0.2) is 0 Å². The number of fused-ring (bicyclic) bond motifs is 1. The number of nitrogens with one attached hydrogen (secondary N) is 1. The molecule has 4 rings (SSSR count). The lowest BCUT2D eigenvalue weighted by Crippen LogP contribution is -2.15. The molecule has 0 saturated heterocycles. The van der Waals surface area contributed by atoms with Crippen LogP contribution in [-0.2, 0) is 15.8 Å². The zero-order chi connectivity index (χ0) is 18.9. The molecule has 2 heterocycles. The van der Waals surface area contributed by atoms with Gasteiger partial charge < -0.3 is 0 Å². The van der Waals surface area contributed by atoms with Gasteiger partial charge in [0.25, 0.3) is 0 Å². The van der Waals surface area contributed by atoms with E-state index in [0.29, 0.717) is 11.5 Å². The maximum Gasteiger partial charge on any atom is 0.236 e. The molecule has 0 radical (unpaired) electrons. The first-order chi connectivity index (χ1) is 13.0. The van der Waals surface area contributed by atoms with Crippen LogP contribution in [0.4, 0.5) is 5.69 Å². The third kappa shape index (κ3) is 3.98. The number of aromatic nitrogens is 3. The van der Waals surface area contributed by atoms with Gasteiger partial charge in [0, 0.05) is 29.8 Å². The first kappa shape index (κ1) is 17.2. The standard InChI is InChI=1S/C20H18N4O2S/c1-15-5-2-6-16(11-15)14-27(25,26)23-18-8-3-7-17(12-18)19-13-24-10-4-9-21-20(24)22-19/h2-13,23H,14H2,1H3. The number of hydrogen-bond acceptors (Lipinski definition) is 4.